The van der Waals surface area contributed by atoms with Gasteiger partial charge in [-0.2, -0.15) is 4.31 Å². The van der Waals surface area contributed by atoms with Crippen molar-refractivity contribution in [1.29, 1.82) is 0 Å². The molecule has 12 heteroatoms. The van der Waals surface area contributed by atoms with Crippen LogP contribution in [0.3, 0.4) is 0 Å². The minimum absolute atomic E-state index is 0.0692. The van der Waals surface area contributed by atoms with Gasteiger partial charge in [0.05, 0.1) is 15.6 Å². The van der Waals surface area contributed by atoms with Gasteiger partial charge in [0.1, 0.15) is 10.7 Å². The fourth-order valence-corrected chi connectivity index (χ4v) is 5.28. The third-order valence-corrected chi connectivity index (χ3v) is 7.48. The predicted molar refractivity (Wildman–Crippen MR) is 117 cm³/mol. The number of nitro benzene ring substituents is 1. The highest BCUT2D eigenvalue weighted by Crippen LogP contribution is 2.29. The summed E-state index contributed by atoms with van der Waals surface area (Å²) in [7, 11) is -4.00. The van der Waals surface area contributed by atoms with Gasteiger partial charge >= 0.3 is 0 Å². The highest BCUT2D eigenvalue weighted by Gasteiger charge is 2.31. The van der Waals surface area contributed by atoms with Crippen LogP contribution in [0, 0.1) is 15.9 Å². The average Bonchev–Trinajstić information content (AvgIpc) is 2.80. The SMILES string of the molecule is O=[N+]([O-])c1ccc(Cl)c(S(=O)(=O)N2CCN(c3ccc(-c4ccc(F)cc4)nn3)CC2)c1. The number of benzene rings is 2. The summed E-state index contributed by atoms with van der Waals surface area (Å²) >= 11 is 6.03. The van der Waals surface area contributed by atoms with E-state index in [-0.39, 0.29) is 34.5 Å². The van der Waals surface area contributed by atoms with Crippen molar-refractivity contribution in [3.8, 4) is 11.3 Å². The second-order valence-corrected chi connectivity index (χ2v) is 9.36. The first-order chi connectivity index (χ1) is 15.3. The van der Waals surface area contributed by atoms with Crippen molar-refractivity contribution < 1.29 is 17.7 Å². The maximum absolute atomic E-state index is 13.1. The fourth-order valence-electron chi connectivity index (χ4n) is 3.37. The Morgan fingerprint density at radius 3 is 2.25 bits per heavy atom. The summed E-state index contributed by atoms with van der Waals surface area (Å²) in [6.07, 6.45) is 0. The summed E-state index contributed by atoms with van der Waals surface area (Å²) < 4.78 is 40.3. The number of non-ortho nitro benzene ring substituents is 1. The highest BCUT2D eigenvalue weighted by molar-refractivity contribution is 7.89. The first kappa shape index (κ1) is 22.1. The molecule has 2 heterocycles. The number of rotatable bonds is 5. The zero-order chi connectivity index (χ0) is 22.9. The summed E-state index contributed by atoms with van der Waals surface area (Å²) in [5, 5.41) is 19.3. The summed E-state index contributed by atoms with van der Waals surface area (Å²) in [6, 6.07) is 12.8. The van der Waals surface area contributed by atoms with Gasteiger partial charge < -0.3 is 4.90 Å². The van der Waals surface area contributed by atoms with E-state index in [9.17, 15) is 22.9 Å². The van der Waals surface area contributed by atoms with Gasteiger partial charge in [-0.3, -0.25) is 10.1 Å². The molecule has 4 rings (SSSR count). The Labute approximate surface area is 188 Å². The molecule has 2 aromatic carbocycles. The Balaban J connectivity index is 1.46. The largest absolute Gasteiger partial charge is 0.352 e. The summed E-state index contributed by atoms with van der Waals surface area (Å²) in [5.74, 6) is 0.249. The van der Waals surface area contributed by atoms with E-state index in [4.69, 9.17) is 11.6 Å². The van der Waals surface area contributed by atoms with Gasteiger partial charge in [-0.05, 0) is 42.5 Å². The lowest BCUT2D eigenvalue weighted by atomic mass is 10.1. The second kappa shape index (κ2) is 8.77. The molecule has 0 N–H and O–H groups in total. The maximum atomic E-state index is 13.1. The number of anilines is 1. The van der Waals surface area contributed by atoms with Crippen LogP contribution in [0.25, 0.3) is 11.3 Å². The molecule has 0 saturated carbocycles. The van der Waals surface area contributed by atoms with E-state index in [1.165, 1.54) is 22.5 Å². The van der Waals surface area contributed by atoms with Gasteiger partial charge in [-0.25, -0.2) is 12.8 Å². The smallest absolute Gasteiger partial charge is 0.270 e. The molecule has 1 aliphatic rings. The lowest BCUT2D eigenvalue weighted by Crippen LogP contribution is -2.49. The van der Waals surface area contributed by atoms with E-state index in [0.717, 1.165) is 17.7 Å². The number of hydrogen-bond acceptors (Lipinski definition) is 7. The zero-order valence-electron chi connectivity index (χ0n) is 16.6. The molecule has 0 unspecified atom stereocenters. The van der Waals surface area contributed by atoms with Crippen molar-refractivity contribution in [2.45, 2.75) is 4.90 Å². The molecule has 166 valence electrons. The molecule has 1 aliphatic heterocycles. The van der Waals surface area contributed by atoms with Crippen LogP contribution in [-0.4, -0.2) is 54.0 Å². The lowest BCUT2D eigenvalue weighted by molar-refractivity contribution is -0.385. The molecule has 0 aliphatic carbocycles. The quantitative estimate of drug-likeness (QED) is 0.409. The molecule has 0 atom stereocenters. The van der Waals surface area contributed by atoms with Crippen LogP contribution >= 0.6 is 11.6 Å². The van der Waals surface area contributed by atoms with Crippen molar-refractivity contribution in [1.82, 2.24) is 14.5 Å². The molecule has 9 nitrogen and oxygen atoms in total. The second-order valence-electron chi connectivity index (χ2n) is 7.05. The molecule has 0 bridgehead atoms. The van der Waals surface area contributed by atoms with Crippen LogP contribution in [-0.2, 0) is 10.0 Å². The summed E-state index contributed by atoms with van der Waals surface area (Å²) in [4.78, 5) is 12.0. The summed E-state index contributed by atoms with van der Waals surface area (Å²) in [6.45, 7) is 1.03. The van der Waals surface area contributed by atoms with E-state index in [0.29, 0.717) is 24.6 Å². The van der Waals surface area contributed by atoms with Crippen molar-refractivity contribution in [2.75, 3.05) is 31.1 Å². The molecule has 0 amide bonds. The molecule has 3 aromatic rings. The van der Waals surface area contributed by atoms with Crippen LogP contribution in [0.15, 0.2) is 59.5 Å². The Morgan fingerprint density at radius 1 is 0.969 bits per heavy atom. The number of hydrogen-bond donors (Lipinski definition) is 0. The average molecular weight is 478 g/mol. The van der Waals surface area contributed by atoms with Gasteiger partial charge in [0.15, 0.2) is 5.82 Å². The van der Waals surface area contributed by atoms with E-state index >= 15 is 0 Å². The summed E-state index contributed by atoms with van der Waals surface area (Å²) in [5.41, 5.74) is 0.980. The Hall–Kier alpha value is -3.15. The number of halogens is 2. The third-order valence-electron chi connectivity index (χ3n) is 5.10. The van der Waals surface area contributed by atoms with Crippen LogP contribution in [0.1, 0.15) is 0 Å². The minimum atomic E-state index is -4.00. The van der Waals surface area contributed by atoms with Crippen LogP contribution in [0.2, 0.25) is 5.02 Å². The number of aromatic nitrogens is 2. The Bertz CT molecular complexity index is 1250. The monoisotopic (exact) mass is 477 g/mol. The molecule has 0 spiro atoms. The van der Waals surface area contributed by atoms with Crippen LogP contribution in [0.5, 0.6) is 0 Å². The van der Waals surface area contributed by atoms with E-state index in [1.807, 2.05) is 4.90 Å². The Kier molecular flexibility index (Phi) is 6.04. The number of nitrogens with zero attached hydrogens (tertiary/aromatic N) is 5. The van der Waals surface area contributed by atoms with Crippen LogP contribution in [0.4, 0.5) is 15.9 Å². The molecule has 1 saturated heterocycles. The first-order valence-electron chi connectivity index (χ1n) is 9.54. The predicted octanol–water partition coefficient (Wildman–Crippen LogP) is 3.36. The third kappa shape index (κ3) is 4.40. The van der Waals surface area contributed by atoms with Crippen molar-refractivity contribution in [3.05, 3.63) is 75.6 Å². The van der Waals surface area contributed by atoms with Gasteiger partial charge in [0.25, 0.3) is 5.69 Å². The number of piperazine rings is 1. The molecular formula is C20H17ClFN5O4S. The van der Waals surface area contributed by atoms with Gasteiger partial charge in [-0.15, -0.1) is 10.2 Å². The van der Waals surface area contributed by atoms with Crippen LogP contribution < -0.4 is 4.90 Å². The first-order valence-corrected chi connectivity index (χ1v) is 11.4. The molecular weight excluding hydrogens is 461 g/mol. The van der Waals surface area contributed by atoms with Gasteiger partial charge in [-0.1, -0.05) is 11.6 Å². The van der Waals surface area contributed by atoms with Gasteiger partial charge in [0, 0.05) is 43.9 Å². The molecule has 1 fully saturated rings. The Morgan fingerprint density at radius 2 is 1.66 bits per heavy atom. The maximum Gasteiger partial charge on any atom is 0.270 e. The normalized spacial score (nSPS) is 15.0. The molecule has 1 aromatic heterocycles. The van der Waals surface area contributed by atoms with E-state index < -0.39 is 14.9 Å². The zero-order valence-corrected chi connectivity index (χ0v) is 18.1. The van der Waals surface area contributed by atoms with Gasteiger partial charge in [0.2, 0.25) is 10.0 Å². The standard InChI is InChI=1S/C20H17ClFN5O4S/c21-17-6-5-16(27(28)29)13-19(17)32(30,31)26-11-9-25(10-12-26)20-8-7-18(23-24-20)14-1-3-15(22)4-2-14/h1-8,13H,9-12H2. The number of sulfonamides is 1. The molecule has 32 heavy (non-hydrogen) atoms. The highest BCUT2D eigenvalue weighted by atomic mass is 35.5. The van der Waals surface area contributed by atoms with Crippen molar-refractivity contribution in [2.24, 2.45) is 0 Å². The lowest BCUT2D eigenvalue weighted by Gasteiger charge is -2.34. The number of nitro groups is 1. The van der Waals surface area contributed by atoms with Crippen molar-refractivity contribution >= 4 is 33.1 Å². The van der Waals surface area contributed by atoms with Crippen molar-refractivity contribution in [3.63, 3.8) is 0 Å². The molecule has 0 radical (unpaired) electrons. The fraction of sp³-hybridized carbons (Fsp3) is 0.200. The van der Waals surface area contributed by atoms with E-state index in [2.05, 4.69) is 10.2 Å². The topological polar surface area (TPSA) is 110 Å². The minimum Gasteiger partial charge on any atom is -0.352 e. The van der Waals surface area contributed by atoms with E-state index in [1.54, 1.807) is 24.3 Å².